The molecule has 1 N–H and O–H groups in total. The fourth-order valence-electron chi connectivity index (χ4n) is 1.48. The van der Waals surface area contributed by atoms with Crippen molar-refractivity contribution in [3.63, 3.8) is 0 Å². The van der Waals surface area contributed by atoms with E-state index < -0.39 is 10.0 Å². The Morgan fingerprint density at radius 2 is 2.08 bits per heavy atom. The molecular formula is C7H17ClN2O2S. The van der Waals surface area contributed by atoms with E-state index >= 15 is 0 Å². The van der Waals surface area contributed by atoms with Crippen molar-refractivity contribution in [1.29, 1.82) is 0 Å². The number of nitrogens with one attached hydrogen (secondary N) is 1. The average Bonchev–Trinajstić information content (AvgIpc) is 2.03. The highest BCUT2D eigenvalue weighted by atomic mass is 35.5. The van der Waals surface area contributed by atoms with Gasteiger partial charge in [-0.25, -0.2) is 12.7 Å². The van der Waals surface area contributed by atoms with E-state index in [2.05, 4.69) is 5.32 Å². The van der Waals surface area contributed by atoms with Gasteiger partial charge in [-0.05, 0) is 19.9 Å². The van der Waals surface area contributed by atoms with E-state index in [1.807, 2.05) is 7.05 Å². The van der Waals surface area contributed by atoms with Gasteiger partial charge in [-0.15, -0.1) is 12.4 Å². The standard InChI is InChI=1S/C7H16N2O2S.ClH/c1-8-7-4-3-5-9(6-7)12(2,10)11;/h7-8H,3-6H2,1-2H3;1H/t7-;/m1./s1. The Morgan fingerprint density at radius 3 is 2.54 bits per heavy atom. The number of rotatable bonds is 2. The number of hydrogen-bond donors (Lipinski definition) is 1. The van der Waals surface area contributed by atoms with Crippen LogP contribution in [0, 0.1) is 0 Å². The molecule has 1 fully saturated rings. The van der Waals surface area contributed by atoms with E-state index in [1.165, 1.54) is 10.6 Å². The topological polar surface area (TPSA) is 49.4 Å². The molecule has 4 nitrogen and oxygen atoms in total. The van der Waals surface area contributed by atoms with Gasteiger partial charge in [0.1, 0.15) is 0 Å². The maximum absolute atomic E-state index is 11.1. The first-order valence-electron chi connectivity index (χ1n) is 4.16. The first-order valence-corrected chi connectivity index (χ1v) is 6.01. The Morgan fingerprint density at radius 1 is 1.46 bits per heavy atom. The second kappa shape index (κ2) is 5.14. The maximum atomic E-state index is 11.1. The number of hydrogen-bond acceptors (Lipinski definition) is 3. The lowest BCUT2D eigenvalue weighted by atomic mass is 10.1. The molecule has 0 aromatic rings. The predicted molar refractivity (Wildman–Crippen MR) is 55.7 cm³/mol. The van der Waals surface area contributed by atoms with Gasteiger partial charge in [0.15, 0.2) is 0 Å². The van der Waals surface area contributed by atoms with Gasteiger partial charge in [0.25, 0.3) is 0 Å². The van der Waals surface area contributed by atoms with Crippen LogP contribution in [-0.4, -0.2) is 45.2 Å². The van der Waals surface area contributed by atoms with Crippen LogP contribution in [0.1, 0.15) is 12.8 Å². The van der Waals surface area contributed by atoms with Crippen molar-refractivity contribution in [3.8, 4) is 0 Å². The second-order valence-corrected chi connectivity index (χ2v) is 5.23. The summed E-state index contributed by atoms with van der Waals surface area (Å²) >= 11 is 0. The third kappa shape index (κ3) is 3.81. The molecule has 1 rings (SSSR count). The third-order valence-electron chi connectivity index (χ3n) is 2.26. The highest BCUT2D eigenvalue weighted by molar-refractivity contribution is 7.88. The van der Waals surface area contributed by atoms with Crippen molar-refractivity contribution in [2.24, 2.45) is 0 Å². The zero-order valence-electron chi connectivity index (χ0n) is 7.99. The van der Waals surface area contributed by atoms with Gasteiger partial charge in [0.2, 0.25) is 10.0 Å². The summed E-state index contributed by atoms with van der Waals surface area (Å²) in [5.74, 6) is 0. The minimum atomic E-state index is -2.98. The van der Waals surface area contributed by atoms with Gasteiger partial charge in [0, 0.05) is 19.1 Å². The Labute approximate surface area is 86.1 Å². The number of likely N-dealkylation sites (N-methyl/N-ethyl adjacent to an activating group) is 1. The average molecular weight is 229 g/mol. The second-order valence-electron chi connectivity index (χ2n) is 3.25. The highest BCUT2D eigenvalue weighted by Crippen LogP contribution is 2.12. The van der Waals surface area contributed by atoms with Crippen molar-refractivity contribution in [2.75, 3.05) is 26.4 Å². The zero-order valence-corrected chi connectivity index (χ0v) is 9.62. The van der Waals surface area contributed by atoms with Crippen LogP contribution in [0.3, 0.4) is 0 Å². The summed E-state index contributed by atoms with van der Waals surface area (Å²) < 4.78 is 23.8. The molecule has 0 saturated carbocycles. The van der Waals surface area contributed by atoms with E-state index in [4.69, 9.17) is 0 Å². The summed E-state index contributed by atoms with van der Waals surface area (Å²) in [6.45, 7) is 1.30. The van der Waals surface area contributed by atoms with Crippen LogP contribution in [-0.2, 0) is 10.0 Å². The maximum Gasteiger partial charge on any atom is 0.211 e. The number of halogens is 1. The lowest BCUT2D eigenvalue weighted by molar-refractivity contribution is 0.294. The number of sulfonamides is 1. The summed E-state index contributed by atoms with van der Waals surface area (Å²) in [6, 6.07) is 0.327. The van der Waals surface area contributed by atoms with Crippen molar-refractivity contribution in [3.05, 3.63) is 0 Å². The van der Waals surface area contributed by atoms with Crippen LogP contribution in [0.15, 0.2) is 0 Å². The first-order chi connectivity index (χ1) is 5.54. The summed E-state index contributed by atoms with van der Waals surface area (Å²) in [5.41, 5.74) is 0. The number of nitrogens with zero attached hydrogens (tertiary/aromatic N) is 1. The first kappa shape index (κ1) is 13.2. The van der Waals surface area contributed by atoms with Gasteiger partial charge in [0.05, 0.1) is 6.26 Å². The van der Waals surface area contributed by atoms with Gasteiger partial charge in [-0.3, -0.25) is 0 Å². The Bertz CT molecular complexity index is 243. The molecule has 6 heteroatoms. The predicted octanol–water partition coefficient (Wildman–Crippen LogP) is 0.0516. The van der Waals surface area contributed by atoms with Crippen LogP contribution in [0.5, 0.6) is 0 Å². The lowest BCUT2D eigenvalue weighted by Crippen LogP contribution is -2.46. The Balaban J connectivity index is 0.00000144. The largest absolute Gasteiger partial charge is 0.316 e. The number of piperidine rings is 1. The molecule has 1 atom stereocenters. The Hall–Kier alpha value is 0.160. The monoisotopic (exact) mass is 228 g/mol. The molecule has 1 heterocycles. The molecule has 80 valence electrons. The van der Waals surface area contributed by atoms with Gasteiger partial charge < -0.3 is 5.32 Å². The van der Waals surface area contributed by atoms with Crippen LogP contribution < -0.4 is 5.32 Å². The van der Waals surface area contributed by atoms with E-state index in [9.17, 15) is 8.42 Å². The fourth-order valence-corrected chi connectivity index (χ4v) is 2.39. The van der Waals surface area contributed by atoms with E-state index in [0.717, 1.165) is 12.8 Å². The smallest absolute Gasteiger partial charge is 0.211 e. The molecular weight excluding hydrogens is 212 g/mol. The van der Waals surface area contributed by atoms with E-state index in [-0.39, 0.29) is 12.4 Å². The summed E-state index contributed by atoms with van der Waals surface area (Å²) in [6.07, 6.45) is 3.30. The summed E-state index contributed by atoms with van der Waals surface area (Å²) in [7, 11) is -1.10. The molecule has 0 bridgehead atoms. The van der Waals surface area contributed by atoms with Crippen molar-refractivity contribution >= 4 is 22.4 Å². The summed E-state index contributed by atoms with van der Waals surface area (Å²) in [4.78, 5) is 0. The molecule has 0 unspecified atom stereocenters. The SMILES string of the molecule is CN[C@@H]1CCCN(S(C)(=O)=O)C1.Cl. The lowest BCUT2D eigenvalue weighted by Gasteiger charge is -2.30. The van der Waals surface area contributed by atoms with E-state index in [1.54, 1.807) is 0 Å². The minimum absolute atomic E-state index is 0. The quantitative estimate of drug-likeness (QED) is 0.727. The van der Waals surface area contributed by atoms with E-state index in [0.29, 0.717) is 19.1 Å². The van der Waals surface area contributed by atoms with Gasteiger partial charge in [-0.2, -0.15) is 0 Å². The normalized spacial score (nSPS) is 25.2. The van der Waals surface area contributed by atoms with Gasteiger partial charge in [-0.1, -0.05) is 0 Å². The minimum Gasteiger partial charge on any atom is -0.316 e. The molecule has 1 aliphatic rings. The van der Waals surface area contributed by atoms with Crippen LogP contribution in [0.4, 0.5) is 0 Å². The Kier molecular flexibility index (Phi) is 5.21. The van der Waals surface area contributed by atoms with Crippen LogP contribution >= 0.6 is 12.4 Å². The molecule has 13 heavy (non-hydrogen) atoms. The fraction of sp³-hybridized carbons (Fsp3) is 1.00. The molecule has 0 aromatic carbocycles. The molecule has 0 radical (unpaired) electrons. The highest BCUT2D eigenvalue weighted by Gasteiger charge is 2.24. The molecule has 0 aromatic heterocycles. The van der Waals surface area contributed by atoms with Crippen molar-refractivity contribution < 1.29 is 8.42 Å². The third-order valence-corrected chi connectivity index (χ3v) is 3.53. The van der Waals surface area contributed by atoms with Crippen LogP contribution in [0.2, 0.25) is 0 Å². The molecule has 1 saturated heterocycles. The summed E-state index contributed by atoms with van der Waals surface area (Å²) in [5, 5.41) is 3.10. The van der Waals surface area contributed by atoms with Gasteiger partial charge >= 0.3 is 0 Å². The van der Waals surface area contributed by atoms with Crippen LogP contribution in [0.25, 0.3) is 0 Å². The molecule has 0 amide bonds. The molecule has 1 aliphatic heterocycles. The molecule has 0 spiro atoms. The molecule has 0 aliphatic carbocycles. The van der Waals surface area contributed by atoms with Crippen molar-refractivity contribution in [1.82, 2.24) is 9.62 Å². The zero-order chi connectivity index (χ0) is 9.19. The van der Waals surface area contributed by atoms with Crippen molar-refractivity contribution in [2.45, 2.75) is 18.9 Å².